The molecule has 82 valence electrons. The van der Waals surface area contributed by atoms with Gasteiger partial charge in [-0.1, -0.05) is 0 Å². The number of nitrogens with one attached hydrogen (secondary N) is 1. The van der Waals surface area contributed by atoms with Crippen LogP contribution in [0.3, 0.4) is 0 Å². The number of hydrazine groups is 2. The molecule has 0 radical (unpaired) electrons. The van der Waals surface area contributed by atoms with Gasteiger partial charge in [0.1, 0.15) is 0 Å². The van der Waals surface area contributed by atoms with Gasteiger partial charge in [-0.25, -0.2) is 15.9 Å². The largest absolute Gasteiger partial charge is 0.369 e. The number of rotatable bonds is 2. The maximum atomic E-state index is 7.23. The normalized spacial score (nSPS) is 20.0. The fraction of sp³-hybridized carbons (Fsp3) is 0.875. The lowest BCUT2D eigenvalue weighted by molar-refractivity contribution is -0.00994. The molecule has 1 saturated heterocycles. The Kier molecular flexibility index (Phi) is 3.68. The molecular weight excluding hydrogens is 180 g/mol. The molecular formula is C8H20N6. The molecule has 0 aromatic carbocycles. The van der Waals surface area contributed by atoms with Gasteiger partial charge in [0, 0.05) is 27.2 Å². The standard InChI is InChI=1S/C8H20N6/c1-12(2)13-5-3-7(4-6-13)14(11)8(9)10/h7H,3-6,11H2,1-2H3,(H3,9,10). The van der Waals surface area contributed by atoms with E-state index in [-0.39, 0.29) is 12.0 Å². The maximum Gasteiger partial charge on any atom is 0.203 e. The Labute approximate surface area is 84.9 Å². The van der Waals surface area contributed by atoms with Gasteiger partial charge in [0.15, 0.2) is 0 Å². The van der Waals surface area contributed by atoms with E-state index in [1.165, 1.54) is 5.01 Å². The highest BCUT2D eigenvalue weighted by molar-refractivity contribution is 5.74. The zero-order chi connectivity index (χ0) is 10.7. The van der Waals surface area contributed by atoms with Gasteiger partial charge in [-0.3, -0.25) is 10.4 Å². The molecule has 1 heterocycles. The molecule has 0 unspecified atom stereocenters. The summed E-state index contributed by atoms with van der Waals surface area (Å²) in [4.78, 5) is 0. The highest BCUT2D eigenvalue weighted by Crippen LogP contribution is 2.14. The van der Waals surface area contributed by atoms with Crippen LogP contribution in [0, 0.1) is 5.41 Å². The number of nitrogens with zero attached hydrogens (tertiary/aromatic N) is 3. The monoisotopic (exact) mass is 200 g/mol. The first-order valence-corrected chi connectivity index (χ1v) is 4.82. The molecule has 0 aromatic heterocycles. The fourth-order valence-electron chi connectivity index (χ4n) is 1.73. The number of hydrogen-bond donors (Lipinski definition) is 3. The van der Waals surface area contributed by atoms with Crippen LogP contribution in [0.4, 0.5) is 0 Å². The lowest BCUT2D eigenvalue weighted by Crippen LogP contribution is -2.54. The molecule has 1 aliphatic rings. The van der Waals surface area contributed by atoms with E-state index in [1.807, 2.05) is 14.1 Å². The number of piperidine rings is 1. The van der Waals surface area contributed by atoms with Crippen LogP contribution in [-0.2, 0) is 0 Å². The van der Waals surface area contributed by atoms with Crippen molar-refractivity contribution in [2.45, 2.75) is 18.9 Å². The van der Waals surface area contributed by atoms with Crippen LogP contribution in [0.1, 0.15) is 12.8 Å². The Bertz CT molecular complexity index is 196. The summed E-state index contributed by atoms with van der Waals surface area (Å²) in [5.41, 5.74) is 5.32. The van der Waals surface area contributed by atoms with E-state index in [0.29, 0.717) is 0 Å². The van der Waals surface area contributed by atoms with E-state index in [2.05, 4.69) is 10.0 Å². The molecule has 14 heavy (non-hydrogen) atoms. The van der Waals surface area contributed by atoms with Gasteiger partial charge < -0.3 is 5.73 Å². The first-order chi connectivity index (χ1) is 6.52. The van der Waals surface area contributed by atoms with Crippen LogP contribution < -0.4 is 11.6 Å². The summed E-state index contributed by atoms with van der Waals surface area (Å²) in [5.74, 6) is 5.62. The number of nitrogens with two attached hydrogens (primary N) is 2. The third-order valence-electron chi connectivity index (χ3n) is 2.68. The van der Waals surface area contributed by atoms with E-state index in [0.717, 1.165) is 25.9 Å². The van der Waals surface area contributed by atoms with Gasteiger partial charge in [0.2, 0.25) is 5.96 Å². The second-order valence-electron chi connectivity index (χ2n) is 3.82. The van der Waals surface area contributed by atoms with Crippen LogP contribution in [0.25, 0.3) is 0 Å². The van der Waals surface area contributed by atoms with Crippen molar-refractivity contribution < 1.29 is 0 Å². The Morgan fingerprint density at radius 2 is 1.86 bits per heavy atom. The first kappa shape index (κ1) is 11.2. The molecule has 0 bridgehead atoms. The van der Waals surface area contributed by atoms with Crippen molar-refractivity contribution in [2.75, 3.05) is 27.2 Å². The molecule has 0 saturated carbocycles. The Morgan fingerprint density at radius 1 is 1.36 bits per heavy atom. The Morgan fingerprint density at radius 3 is 2.21 bits per heavy atom. The molecule has 1 aliphatic heterocycles. The van der Waals surface area contributed by atoms with Crippen LogP contribution >= 0.6 is 0 Å². The molecule has 1 rings (SSSR count). The number of hydrogen-bond acceptors (Lipinski definition) is 4. The molecule has 0 aliphatic carbocycles. The molecule has 6 nitrogen and oxygen atoms in total. The summed E-state index contributed by atoms with van der Waals surface area (Å²) >= 11 is 0. The minimum atomic E-state index is -0.0479. The van der Waals surface area contributed by atoms with E-state index >= 15 is 0 Å². The summed E-state index contributed by atoms with van der Waals surface area (Å²) in [6, 6.07) is 0.212. The van der Waals surface area contributed by atoms with Crippen molar-refractivity contribution in [3.63, 3.8) is 0 Å². The zero-order valence-corrected chi connectivity index (χ0v) is 8.90. The molecule has 0 spiro atoms. The van der Waals surface area contributed by atoms with E-state index in [4.69, 9.17) is 17.0 Å². The van der Waals surface area contributed by atoms with Gasteiger partial charge in [-0.15, -0.1) is 0 Å². The summed E-state index contributed by atoms with van der Waals surface area (Å²) in [6.07, 6.45) is 1.91. The van der Waals surface area contributed by atoms with Gasteiger partial charge in [-0.05, 0) is 12.8 Å². The van der Waals surface area contributed by atoms with Crippen molar-refractivity contribution in [1.29, 1.82) is 5.41 Å². The quantitative estimate of drug-likeness (QED) is 0.230. The molecule has 1 fully saturated rings. The molecule has 6 heteroatoms. The highest BCUT2D eigenvalue weighted by Gasteiger charge is 2.24. The fourth-order valence-corrected chi connectivity index (χ4v) is 1.73. The summed E-state index contributed by atoms with van der Waals surface area (Å²) in [7, 11) is 4.07. The van der Waals surface area contributed by atoms with Crippen LogP contribution in [0.15, 0.2) is 0 Å². The van der Waals surface area contributed by atoms with Gasteiger partial charge in [0.25, 0.3) is 0 Å². The molecule has 0 amide bonds. The predicted octanol–water partition coefficient (Wildman–Crippen LogP) is -1.00. The maximum absolute atomic E-state index is 7.23. The Hall–Kier alpha value is -0.850. The van der Waals surface area contributed by atoms with Gasteiger partial charge >= 0.3 is 0 Å². The second kappa shape index (κ2) is 4.59. The zero-order valence-electron chi connectivity index (χ0n) is 8.90. The SMILES string of the molecule is CN(C)N1CCC(N(N)C(=N)N)CC1. The van der Waals surface area contributed by atoms with Crippen molar-refractivity contribution in [3.8, 4) is 0 Å². The lowest BCUT2D eigenvalue weighted by atomic mass is 10.1. The molecule has 0 atom stereocenters. The van der Waals surface area contributed by atoms with Gasteiger partial charge in [0.05, 0.1) is 6.04 Å². The smallest absolute Gasteiger partial charge is 0.203 e. The average molecular weight is 200 g/mol. The molecule has 5 N–H and O–H groups in total. The van der Waals surface area contributed by atoms with Crippen molar-refractivity contribution in [1.82, 2.24) is 15.0 Å². The highest BCUT2D eigenvalue weighted by atomic mass is 15.6. The molecule has 0 aromatic rings. The third-order valence-corrected chi connectivity index (χ3v) is 2.68. The second-order valence-corrected chi connectivity index (χ2v) is 3.82. The van der Waals surface area contributed by atoms with Crippen LogP contribution in [0.5, 0.6) is 0 Å². The van der Waals surface area contributed by atoms with E-state index in [9.17, 15) is 0 Å². The van der Waals surface area contributed by atoms with Crippen LogP contribution in [-0.4, -0.2) is 54.2 Å². The first-order valence-electron chi connectivity index (χ1n) is 4.82. The summed E-state index contributed by atoms with van der Waals surface area (Å²) in [5, 5.41) is 12.9. The van der Waals surface area contributed by atoms with Crippen molar-refractivity contribution >= 4 is 5.96 Å². The lowest BCUT2D eigenvalue weighted by Gasteiger charge is -2.38. The predicted molar refractivity (Wildman–Crippen MR) is 56.2 cm³/mol. The number of guanidine groups is 1. The van der Waals surface area contributed by atoms with Gasteiger partial charge in [-0.2, -0.15) is 0 Å². The van der Waals surface area contributed by atoms with Crippen molar-refractivity contribution in [2.24, 2.45) is 11.6 Å². The Balaban J connectivity index is 2.39. The summed E-state index contributed by atoms with van der Waals surface area (Å²) in [6.45, 7) is 1.94. The van der Waals surface area contributed by atoms with E-state index < -0.39 is 0 Å². The minimum absolute atomic E-state index is 0.0479. The van der Waals surface area contributed by atoms with E-state index in [1.54, 1.807) is 0 Å². The minimum Gasteiger partial charge on any atom is -0.369 e. The third kappa shape index (κ3) is 2.57. The van der Waals surface area contributed by atoms with Crippen LogP contribution in [0.2, 0.25) is 0 Å². The average Bonchev–Trinajstić information content (AvgIpc) is 2.16. The topological polar surface area (TPSA) is 85.6 Å². The van der Waals surface area contributed by atoms with Crippen molar-refractivity contribution in [3.05, 3.63) is 0 Å². The summed E-state index contributed by atoms with van der Waals surface area (Å²) < 4.78 is 0.